The minimum absolute atomic E-state index is 0.709. The van der Waals surface area contributed by atoms with Crippen LogP contribution in [0.25, 0.3) is 10.3 Å². The molecule has 0 aliphatic carbocycles. The van der Waals surface area contributed by atoms with Gasteiger partial charge < -0.3 is 9.64 Å². The van der Waals surface area contributed by atoms with Crippen LogP contribution in [0, 0.1) is 0 Å². The summed E-state index contributed by atoms with van der Waals surface area (Å²) in [4.78, 5) is 12.4. The Labute approximate surface area is 150 Å². The van der Waals surface area contributed by atoms with E-state index in [1.165, 1.54) is 0 Å². The molecule has 25 heavy (non-hydrogen) atoms. The Morgan fingerprint density at radius 1 is 1.00 bits per heavy atom. The highest BCUT2D eigenvalue weighted by atomic mass is 32.1. The van der Waals surface area contributed by atoms with Crippen LogP contribution in [0.3, 0.4) is 0 Å². The lowest BCUT2D eigenvalue weighted by atomic mass is 10.2. The first-order valence-electron chi connectivity index (χ1n) is 8.00. The van der Waals surface area contributed by atoms with E-state index in [-0.39, 0.29) is 0 Å². The fourth-order valence-corrected chi connectivity index (χ4v) is 3.63. The first-order valence-corrected chi connectivity index (χ1v) is 8.82. The monoisotopic (exact) mass is 347 g/mol. The molecule has 0 radical (unpaired) electrons. The van der Waals surface area contributed by atoms with Gasteiger partial charge in [-0.05, 0) is 42.0 Å². The van der Waals surface area contributed by atoms with E-state index >= 15 is 0 Å². The van der Waals surface area contributed by atoms with E-state index in [2.05, 4.69) is 34.1 Å². The third-order valence-electron chi connectivity index (χ3n) is 3.93. The summed E-state index contributed by atoms with van der Waals surface area (Å²) in [5.74, 6) is 0.858. The second kappa shape index (κ2) is 6.91. The van der Waals surface area contributed by atoms with E-state index in [1.807, 2.05) is 42.5 Å². The average Bonchev–Trinajstić information content (AvgIpc) is 3.11. The molecule has 0 fully saturated rings. The smallest absolute Gasteiger partial charge is 0.192 e. The summed E-state index contributed by atoms with van der Waals surface area (Å²) in [6, 6.07) is 22.3. The van der Waals surface area contributed by atoms with Crippen molar-refractivity contribution in [1.82, 2.24) is 9.97 Å². The van der Waals surface area contributed by atoms with Crippen molar-refractivity contribution >= 4 is 32.5 Å². The van der Waals surface area contributed by atoms with E-state index in [0.29, 0.717) is 6.54 Å². The summed E-state index contributed by atoms with van der Waals surface area (Å²) in [5.41, 5.74) is 3.19. The number of ether oxygens (including phenoxy) is 1. The molecule has 0 saturated carbocycles. The second-order valence-electron chi connectivity index (χ2n) is 5.60. The number of anilines is 2. The van der Waals surface area contributed by atoms with Gasteiger partial charge in [0.25, 0.3) is 0 Å². The number of hydrogen-bond acceptors (Lipinski definition) is 5. The van der Waals surface area contributed by atoms with Crippen LogP contribution in [0.2, 0.25) is 0 Å². The fraction of sp³-hybridized carbons (Fsp3) is 0.100. The Kier molecular flexibility index (Phi) is 4.31. The lowest BCUT2D eigenvalue weighted by Gasteiger charge is -2.22. The summed E-state index contributed by atoms with van der Waals surface area (Å²) in [6.07, 6.45) is 1.80. The van der Waals surface area contributed by atoms with Crippen molar-refractivity contribution in [2.45, 2.75) is 6.54 Å². The molecule has 2 aromatic carbocycles. The minimum Gasteiger partial charge on any atom is -0.497 e. The van der Waals surface area contributed by atoms with Crippen LogP contribution in [0.4, 0.5) is 10.8 Å². The van der Waals surface area contributed by atoms with Crippen LogP contribution in [0.1, 0.15) is 5.56 Å². The molecule has 0 unspecified atom stereocenters. The van der Waals surface area contributed by atoms with Gasteiger partial charge in [0.1, 0.15) is 16.1 Å². The molecule has 0 amide bonds. The van der Waals surface area contributed by atoms with Gasteiger partial charge in [0.15, 0.2) is 5.13 Å². The number of methoxy groups -OCH3 is 1. The first-order chi connectivity index (χ1) is 12.3. The number of nitrogens with zero attached hydrogens (tertiary/aromatic N) is 3. The standard InChI is InChI=1S/C20H17N3OS/c1-24-17-10-5-7-15(13-17)14-23(16-8-3-2-4-9-16)20-22-18-11-6-12-21-19(18)25-20/h2-13H,14H2,1H3. The second-order valence-corrected chi connectivity index (χ2v) is 6.55. The number of pyridine rings is 1. The number of fused-ring (bicyclic) bond motifs is 1. The van der Waals surface area contributed by atoms with Crippen molar-refractivity contribution in [2.24, 2.45) is 0 Å². The summed E-state index contributed by atoms with van der Waals surface area (Å²) in [7, 11) is 1.69. The van der Waals surface area contributed by atoms with Gasteiger partial charge in [0.05, 0.1) is 13.7 Å². The van der Waals surface area contributed by atoms with Gasteiger partial charge in [0, 0.05) is 11.9 Å². The Balaban J connectivity index is 1.76. The van der Waals surface area contributed by atoms with E-state index in [9.17, 15) is 0 Å². The topological polar surface area (TPSA) is 38.2 Å². The molecule has 5 heteroatoms. The number of para-hydroxylation sites is 1. The number of thiazole rings is 1. The van der Waals surface area contributed by atoms with Crippen molar-refractivity contribution in [1.29, 1.82) is 0 Å². The van der Waals surface area contributed by atoms with Crippen LogP contribution < -0.4 is 9.64 Å². The molecule has 0 aliphatic heterocycles. The highest BCUT2D eigenvalue weighted by Crippen LogP contribution is 2.33. The SMILES string of the molecule is COc1cccc(CN(c2ccccc2)c2nc3cccnc3s2)c1. The van der Waals surface area contributed by atoms with Crippen molar-refractivity contribution < 1.29 is 4.74 Å². The van der Waals surface area contributed by atoms with Crippen molar-refractivity contribution in [2.75, 3.05) is 12.0 Å². The molecule has 0 atom stereocenters. The Morgan fingerprint density at radius 2 is 1.88 bits per heavy atom. The van der Waals surface area contributed by atoms with Gasteiger partial charge in [-0.1, -0.05) is 41.7 Å². The van der Waals surface area contributed by atoms with Crippen LogP contribution in [0.5, 0.6) is 5.75 Å². The Bertz CT molecular complexity index is 951. The zero-order valence-corrected chi connectivity index (χ0v) is 14.6. The summed E-state index contributed by atoms with van der Waals surface area (Å²) >= 11 is 1.60. The zero-order chi connectivity index (χ0) is 17.1. The van der Waals surface area contributed by atoms with E-state index in [4.69, 9.17) is 9.72 Å². The maximum Gasteiger partial charge on any atom is 0.192 e. The highest BCUT2D eigenvalue weighted by Gasteiger charge is 2.15. The summed E-state index contributed by atoms with van der Waals surface area (Å²) in [6.45, 7) is 0.709. The van der Waals surface area contributed by atoms with Gasteiger partial charge in [-0.2, -0.15) is 0 Å². The first kappa shape index (κ1) is 15.6. The predicted octanol–water partition coefficient (Wildman–Crippen LogP) is 5.04. The Hall–Kier alpha value is -2.92. The number of hydrogen-bond donors (Lipinski definition) is 0. The van der Waals surface area contributed by atoms with Gasteiger partial charge in [-0.15, -0.1) is 0 Å². The lowest BCUT2D eigenvalue weighted by molar-refractivity contribution is 0.414. The third kappa shape index (κ3) is 3.32. The molecule has 124 valence electrons. The molecule has 0 bridgehead atoms. The van der Waals surface area contributed by atoms with Gasteiger partial charge in [0.2, 0.25) is 0 Å². The lowest BCUT2D eigenvalue weighted by Crippen LogP contribution is -2.16. The normalized spacial score (nSPS) is 10.8. The maximum atomic E-state index is 5.35. The largest absolute Gasteiger partial charge is 0.497 e. The predicted molar refractivity (Wildman–Crippen MR) is 103 cm³/mol. The minimum atomic E-state index is 0.709. The molecule has 4 rings (SSSR count). The van der Waals surface area contributed by atoms with Crippen molar-refractivity contribution in [3.8, 4) is 5.75 Å². The molecule has 4 nitrogen and oxygen atoms in total. The van der Waals surface area contributed by atoms with Gasteiger partial charge in [-0.3, -0.25) is 0 Å². The molecule has 2 heterocycles. The molecule has 0 aliphatic rings. The van der Waals surface area contributed by atoms with Crippen LogP contribution in [-0.4, -0.2) is 17.1 Å². The van der Waals surface area contributed by atoms with Crippen molar-refractivity contribution in [3.63, 3.8) is 0 Å². The summed E-state index contributed by atoms with van der Waals surface area (Å²) in [5, 5.41) is 0.933. The van der Waals surface area contributed by atoms with Crippen molar-refractivity contribution in [3.05, 3.63) is 78.5 Å². The maximum absolute atomic E-state index is 5.35. The van der Waals surface area contributed by atoms with Gasteiger partial charge >= 0.3 is 0 Å². The molecule has 2 aromatic heterocycles. The quantitative estimate of drug-likeness (QED) is 0.507. The average molecular weight is 347 g/mol. The number of aromatic nitrogens is 2. The zero-order valence-electron chi connectivity index (χ0n) is 13.8. The molecule has 0 N–H and O–H groups in total. The fourth-order valence-electron chi connectivity index (χ4n) is 2.70. The third-order valence-corrected chi connectivity index (χ3v) is 4.93. The van der Waals surface area contributed by atoms with Crippen LogP contribution in [-0.2, 0) is 6.54 Å². The van der Waals surface area contributed by atoms with Crippen LogP contribution >= 0.6 is 11.3 Å². The van der Waals surface area contributed by atoms with E-state index in [1.54, 1.807) is 24.6 Å². The van der Waals surface area contributed by atoms with Gasteiger partial charge in [-0.25, -0.2) is 9.97 Å². The summed E-state index contributed by atoms with van der Waals surface area (Å²) < 4.78 is 5.35. The molecule has 0 spiro atoms. The Morgan fingerprint density at radius 3 is 2.68 bits per heavy atom. The van der Waals surface area contributed by atoms with E-state index < -0.39 is 0 Å². The molecule has 4 aromatic rings. The molecular formula is C20H17N3OS. The molecule has 0 saturated heterocycles. The van der Waals surface area contributed by atoms with E-state index in [0.717, 1.165) is 32.5 Å². The number of benzene rings is 2. The highest BCUT2D eigenvalue weighted by molar-refractivity contribution is 7.21. The van der Waals surface area contributed by atoms with Crippen LogP contribution in [0.15, 0.2) is 72.9 Å². The number of rotatable bonds is 5. The molecular weight excluding hydrogens is 330 g/mol.